The third-order valence-electron chi connectivity index (χ3n) is 6.50. The number of fused-ring (bicyclic) bond motifs is 2. The van der Waals surface area contributed by atoms with Gasteiger partial charge in [0.15, 0.2) is 0 Å². The van der Waals surface area contributed by atoms with Crippen molar-refractivity contribution in [3.05, 3.63) is 130 Å². The van der Waals surface area contributed by atoms with Crippen LogP contribution in [0.1, 0.15) is 0 Å². The molecular weight excluding hydrogens is 508 g/mol. The van der Waals surface area contributed by atoms with Gasteiger partial charge in [0.25, 0.3) is 0 Å². The fraction of sp³-hybridized carbons (Fsp3) is 0. The molecule has 3 heterocycles. The lowest BCUT2D eigenvalue weighted by Gasteiger charge is -2.04. The molecule has 0 aliphatic heterocycles. The Morgan fingerprint density at radius 1 is 0.487 bits per heavy atom. The summed E-state index contributed by atoms with van der Waals surface area (Å²) in [5.74, 6) is 0.402. The third kappa shape index (κ3) is 4.24. The summed E-state index contributed by atoms with van der Waals surface area (Å²) in [6, 6.07) is 34.3. The summed E-state index contributed by atoms with van der Waals surface area (Å²) in [5, 5.41) is 0.822. The first-order valence-corrected chi connectivity index (χ1v) is 13.1. The van der Waals surface area contributed by atoms with Crippen molar-refractivity contribution in [2.75, 3.05) is 0 Å². The summed E-state index contributed by atoms with van der Waals surface area (Å²) >= 11 is 1.28. The molecule has 3 aromatic heterocycles. The van der Waals surface area contributed by atoms with Crippen LogP contribution < -0.4 is 11.3 Å². The van der Waals surface area contributed by atoms with Gasteiger partial charge in [-0.1, -0.05) is 72.8 Å². The van der Waals surface area contributed by atoms with E-state index in [0.29, 0.717) is 31.6 Å². The van der Waals surface area contributed by atoms with E-state index in [0.717, 1.165) is 22.3 Å². The van der Waals surface area contributed by atoms with Crippen molar-refractivity contribution in [1.29, 1.82) is 0 Å². The number of benzene rings is 4. The number of nitrogens with zero attached hydrogens (tertiary/aromatic N) is 2. The summed E-state index contributed by atoms with van der Waals surface area (Å²) in [7, 11) is 0. The van der Waals surface area contributed by atoms with E-state index in [2.05, 4.69) is 9.97 Å². The van der Waals surface area contributed by atoms with Crippen molar-refractivity contribution in [3.8, 4) is 43.8 Å². The van der Waals surface area contributed by atoms with Crippen molar-refractivity contribution < 1.29 is 8.83 Å². The maximum atomic E-state index is 12.9. The molecule has 0 N–H and O–H groups in total. The fourth-order valence-electron chi connectivity index (χ4n) is 4.54. The summed E-state index contributed by atoms with van der Waals surface area (Å²) in [5.41, 5.74) is 3.99. The zero-order valence-electron chi connectivity index (χ0n) is 20.3. The molecule has 0 aliphatic carbocycles. The predicted molar refractivity (Wildman–Crippen MR) is 154 cm³/mol. The number of rotatable bonds is 4. The molecule has 0 fully saturated rings. The van der Waals surface area contributed by atoms with Gasteiger partial charge in [0.2, 0.25) is 11.8 Å². The molecule has 0 saturated heterocycles. The molecule has 0 unspecified atom stereocenters. The van der Waals surface area contributed by atoms with Gasteiger partial charge in [-0.05, 0) is 58.7 Å². The molecule has 4 aromatic carbocycles. The fourth-order valence-corrected chi connectivity index (χ4v) is 5.40. The van der Waals surface area contributed by atoms with Crippen LogP contribution in [0.5, 0.6) is 0 Å². The molecule has 0 bridgehead atoms. The van der Waals surface area contributed by atoms with Crippen LogP contribution >= 0.6 is 11.3 Å². The maximum absolute atomic E-state index is 12.9. The number of thiophene rings is 1. The number of aromatic nitrogens is 2. The normalized spacial score (nSPS) is 11.3. The Morgan fingerprint density at radius 3 is 1.36 bits per heavy atom. The molecule has 0 atom stereocenters. The Labute approximate surface area is 225 Å². The first kappa shape index (κ1) is 23.0. The quantitative estimate of drug-likeness (QED) is 0.237. The molecule has 0 amide bonds. The molecular formula is C32H18N2O4S. The molecule has 186 valence electrons. The molecule has 0 aliphatic rings. The van der Waals surface area contributed by atoms with Gasteiger partial charge < -0.3 is 8.83 Å². The first-order valence-electron chi connectivity index (χ1n) is 12.2. The number of hydrogen-bond donors (Lipinski definition) is 0. The lowest BCUT2D eigenvalue weighted by molar-refractivity contribution is 0.519. The average Bonchev–Trinajstić information content (AvgIpc) is 3.48. The predicted octanol–water partition coefficient (Wildman–Crippen LogP) is 7.42. The Balaban J connectivity index is 1.24. The summed E-state index contributed by atoms with van der Waals surface area (Å²) in [6.45, 7) is 0. The largest absolute Gasteiger partial charge is 0.402 e. The molecule has 0 spiro atoms. The minimum atomic E-state index is -0.465. The lowest BCUT2D eigenvalue weighted by Crippen LogP contribution is -2.03. The summed E-state index contributed by atoms with van der Waals surface area (Å²) < 4.78 is 11.2. The smallest absolute Gasteiger partial charge is 0.347 e. The maximum Gasteiger partial charge on any atom is 0.347 e. The minimum Gasteiger partial charge on any atom is -0.402 e. The standard InChI is InChI=1S/C32H18N2O4S/c35-31-23-17-21(19-7-3-1-4-8-19)11-13-25(23)33-29(37-31)27-15-16-28(39-27)30-34-26-14-12-22(18-24(26)32(36)38-30)20-9-5-2-6-10-20/h1-18H. The van der Waals surface area contributed by atoms with Crippen molar-refractivity contribution in [2.45, 2.75) is 0 Å². The van der Waals surface area contributed by atoms with E-state index in [1.165, 1.54) is 11.3 Å². The minimum absolute atomic E-state index is 0.201. The summed E-state index contributed by atoms with van der Waals surface area (Å²) in [4.78, 5) is 36.2. The van der Waals surface area contributed by atoms with Crippen molar-refractivity contribution in [1.82, 2.24) is 9.97 Å². The SMILES string of the molecule is O=c1oc(-c2ccc(-c3nc4ccc(-c5ccccc5)cc4c(=O)o3)s2)nc2ccc(-c3ccccc3)cc12. The Bertz CT molecular complexity index is 1960. The summed E-state index contributed by atoms with van der Waals surface area (Å²) in [6.07, 6.45) is 0. The van der Waals surface area contributed by atoms with Crippen molar-refractivity contribution in [2.24, 2.45) is 0 Å². The van der Waals surface area contributed by atoms with E-state index in [1.807, 2.05) is 84.9 Å². The Hall–Kier alpha value is -5.14. The van der Waals surface area contributed by atoms with Gasteiger partial charge in [0.1, 0.15) is 0 Å². The van der Waals surface area contributed by atoms with Crippen LogP contribution in [0.4, 0.5) is 0 Å². The van der Waals surface area contributed by atoms with Crippen molar-refractivity contribution >= 4 is 33.1 Å². The number of hydrogen-bond acceptors (Lipinski definition) is 7. The van der Waals surface area contributed by atoms with Gasteiger partial charge in [-0.2, -0.15) is 0 Å². The third-order valence-corrected chi connectivity index (χ3v) is 7.56. The second kappa shape index (κ2) is 9.31. The van der Waals surface area contributed by atoms with Crippen LogP contribution in [0.2, 0.25) is 0 Å². The second-order valence-corrected chi connectivity index (χ2v) is 10.1. The van der Waals surface area contributed by atoms with Crippen molar-refractivity contribution in [3.63, 3.8) is 0 Å². The monoisotopic (exact) mass is 526 g/mol. The van der Waals surface area contributed by atoms with Gasteiger partial charge in [-0.25, -0.2) is 19.6 Å². The molecule has 7 aromatic rings. The van der Waals surface area contributed by atoms with Crippen LogP contribution in [0.3, 0.4) is 0 Å². The van der Waals surface area contributed by atoms with Gasteiger partial charge in [-0.15, -0.1) is 11.3 Å². The lowest BCUT2D eigenvalue weighted by atomic mass is 10.0. The van der Waals surface area contributed by atoms with E-state index in [9.17, 15) is 9.59 Å². The highest BCUT2D eigenvalue weighted by Gasteiger charge is 2.16. The molecule has 39 heavy (non-hydrogen) atoms. The molecule has 6 nitrogen and oxygen atoms in total. The Morgan fingerprint density at radius 2 is 0.923 bits per heavy atom. The topological polar surface area (TPSA) is 86.2 Å². The first-order chi connectivity index (χ1) is 19.1. The van der Waals surface area contributed by atoms with E-state index in [4.69, 9.17) is 8.83 Å². The van der Waals surface area contributed by atoms with Crippen LogP contribution in [-0.4, -0.2) is 9.97 Å². The van der Waals surface area contributed by atoms with E-state index in [-0.39, 0.29) is 11.8 Å². The van der Waals surface area contributed by atoms with Crippen LogP contribution in [0.15, 0.2) is 128 Å². The molecule has 0 radical (unpaired) electrons. The highest BCUT2D eigenvalue weighted by Crippen LogP contribution is 2.34. The van der Waals surface area contributed by atoms with Gasteiger partial charge in [-0.3, -0.25) is 0 Å². The van der Waals surface area contributed by atoms with E-state index in [1.54, 1.807) is 24.3 Å². The second-order valence-electron chi connectivity index (χ2n) is 8.97. The highest BCUT2D eigenvalue weighted by atomic mass is 32.1. The van der Waals surface area contributed by atoms with Crippen LogP contribution in [0, 0.1) is 0 Å². The van der Waals surface area contributed by atoms with Crippen LogP contribution in [0.25, 0.3) is 65.6 Å². The van der Waals surface area contributed by atoms with Gasteiger partial charge in [0.05, 0.1) is 31.6 Å². The van der Waals surface area contributed by atoms with Gasteiger partial charge >= 0.3 is 11.3 Å². The molecule has 0 saturated carbocycles. The average molecular weight is 527 g/mol. The van der Waals surface area contributed by atoms with E-state index >= 15 is 0 Å². The zero-order valence-corrected chi connectivity index (χ0v) is 21.1. The zero-order chi connectivity index (χ0) is 26.3. The van der Waals surface area contributed by atoms with Crippen LogP contribution in [-0.2, 0) is 0 Å². The van der Waals surface area contributed by atoms with Gasteiger partial charge in [0, 0.05) is 0 Å². The molecule has 7 heteroatoms. The van der Waals surface area contributed by atoms with E-state index < -0.39 is 11.3 Å². The highest BCUT2D eigenvalue weighted by molar-refractivity contribution is 7.18. The molecule has 7 rings (SSSR count). The Kier molecular flexibility index (Phi) is 5.49.